The van der Waals surface area contributed by atoms with Gasteiger partial charge in [0.2, 0.25) is 0 Å². The Morgan fingerprint density at radius 1 is 1.50 bits per heavy atom. The van der Waals surface area contributed by atoms with E-state index in [1.807, 2.05) is 0 Å². The summed E-state index contributed by atoms with van der Waals surface area (Å²) < 4.78 is 12.8. The smallest absolute Gasteiger partial charge is 0.314 e. The summed E-state index contributed by atoms with van der Waals surface area (Å²) in [6, 6.07) is 4.30. The van der Waals surface area contributed by atoms with Gasteiger partial charge in [0.1, 0.15) is 5.82 Å². The molecule has 1 aromatic carbocycles. The molecule has 2 nitrogen and oxygen atoms in total. The molecular formula is C11H11FO2. The monoisotopic (exact) mass is 194 g/mol. The molecule has 1 saturated carbocycles. The molecule has 0 bridgehead atoms. The standard InChI is InChI=1S/C11H11FO2/c1-7-6-8(12)2-3-9(7)11(4-5-11)10(13)14/h2-3,6H,4-5H2,1H3,(H,13,14). The normalized spacial score (nSPS) is 17.9. The van der Waals surface area contributed by atoms with Crippen molar-refractivity contribution < 1.29 is 14.3 Å². The van der Waals surface area contributed by atoms with E-state index < -0.39 is 11.4 Å². The van der Waals surface area contributed by atoms with E-state index in [2.05, 4.69) is 0 Å². The lowest BCUT2D eigenvalue weighted by molar-refractivity contribution is -0.140. The van der Waals surface area contributed by atoms with E-state index in [1.165, 1.54) is 12.1 Å². The van der Waals surface area contributed by atoms with Gasteiger partial charge >= 0.3 is 5.97 Å². The van der Waals surface area contributed by atoms with Gasteiger partial charge in [0.25, 0.3) is 0 Å². The number of hydrogen-bond donors (Lipinski definition) is 1. The Kier molecular flexibility index (Phi) is 1.84. The lowest BCUT2D eigenvalue weighted by Crippen LogP contribution is -2.20. The quantitative estimate of drug-likeness (QED) is 0.784. The molecule has 0 heterocycles. The first-order chi connectivity index (χ1) is 6.56. The van der Waals surface area contributed by atoms with Crippen molar-refractivity contribution in [3.63, 3.8) is 0 Å². The maximum absolute atomic E-state index is 12.8. The van der Waals surface area contributed by atoms with Crippen LogP contribution in [-0.4, -0.2) is 11.1 Å². The Hall–Kier alpha value is -1.38. The van der Waals surface area contributed by atoms with Crippen LogP contribution in [-0.2, 0) is 10.2 Å². The van der Waals surface area contributed by atoms with E-state index >= 15 is 0 Å². The molecule has 1 aliphatic rings. The molecule has 2 rings (SSSR count). The van der Waals surface area contributed by atoms with Gasteiger partial charge in [0.15, 0.2) is 0 Å². The summed E-state index contributed by atoms with van der Waals surface area (Å²) in [5.41, 5.74) is 0.758. The van der Waals surface area contributed by atoms with Crippen molar-refractivity contribution in [1.82, 2.24) is 0 Å². The van der Waals surface area contributed by atoms with Crippen molar-refractivity contribution in [1.29, 1.82) is 0 Å². The highest BCUT2D eigenvalue weighted by Crippen LogP contribution is 2.49. The Morgan fingerprint density at radius 3 is 2.57 bits per heavy atom. The van der Waals surface area contributed by atoms with Gasteiger partial charge in [0, 0.05) is 0 Å². The molecule has 0 aromatic heterocycles. The molecule has 1 aromatic rings. The van der Waals surface area contributed by atoms with Gasteiger partial charge < -0.3 is 5.11 Å². The molecule has 0 saturated heterocycles. The van der Waals surface area contributed by atoms with Crippen LogP contribution in [0.15, 0.2) is 18.2 Å². The number of halogens is 1. The predicted octanol–water partition coefficient (Wildman–Crippen LogP) is 2.25. The zero-order valence-electron chi connectivity index (χ0n) is 7.88. The fourth-order valence-electron chi connectivity index (χ4n) is 1.89. The number of hydrogen-bond acceptors (Lipinski definition) is 1. The summed E-state index contributed by atoms with van der Waals surface area (Å²) in [5, 5.41) is 9.06. The minimum atomic E-state index is -0.799. The largest absolute Gasteiger partial charge is 0.481 e. The van der Waals surface area contributed by atoms with E-state index in [-0.39, 0.29) is 5.82 Å². The number of carbonyl (C=O) groups is 1. The van der Waals surface area contributed by atoms with Crippen LogP contribution in [0.1, 0.15) is 24.0 Å². The highest BCUT2D eigenvalue weighted by Gasteiger charge is 2.52. The third-order valence-electron chi connectivity index (χ3n) is 2.86. The fourth-order valence-corrected chi connectivity index (χ4v) is 1.89. The van der Waals surface area contributed by atoms with Gasteiger partial charge in [-0.15, -0.1) is 0 Å². The van der Waals surface area contributed by atoms with Gasteiger partial charge in [-0.1, -0.05) is 6.07 Å². The maximum atomic E-state index is 12.8. The molecule has 0 aliphatic heterocycles. The van der Waals surface area contributed by atoms with E-state index in [9.17, 15) is 9.18 Å². The number of carboxylic acid groups (broad SMARTS) is 1. The highest BCUT2D eigenvalue weighted by molar-refractivity contribution is 5.85. The molecule has 74 valence electrons. The maximum Gasteiger partial charge on any atom is 0.314 e. The number of aliphatic carboxylic acids is 1. The molecule has 0 spiro atoms. The minimum absolute atomic E-state index is 0.313. The molecule has 1 aliphatic carbocycles. The van der Waals surface area contributed by atoms with Crippen molar-refractivity contribution in [3.8, 4) is 0 Å². The SMILES string of the molecule is Cc1cc(F)ccc1C1(C(=O)O)CC1. The van der Waals surface area contributed by atoms with Crippen molar-refractivity contribution in [3.05, 3.63) is 35.1 Å². The molecule has 1 N–H and O–H groups in total. The molecule has 0 unspecified atom stereocenters. The molecule has 0 amide bonds. The Balaban J connectivity index is 2.47. The van der Waals surface area contributed by atoms with Crippen molar-refractivity contribution >= 4 is 5.97 Å². The third-order valence-corrected chi connectivity index (χ3v) is 2.86. The van der Waals surface area contributed by atoms with Gasteiger partial charge in [0.05, 0.1) is 5.41 Å². The van der Waals surface area contributed by atoms with Crippen LogP contribution in [0.2, 0.25) is 0 Å². The van der Waals surface area contributed by atoms with E-state index in [0.29, 0.717) is 12.8 Å². The average molecular weight is 194 g/mol. The number of carboxylic acids is 1. The van der Waals surface area contributed by atoms with E-state index in [4.69, 9.17) is 5.11 Å². The van der Waals surface area contributed by atoms with Crippen LogP contribution < -0.4 is 0 Å². The van der Waals surface area contributed by atoms with Crippen molar-refractivity contribution in [2.24, 2.45) is 0 Å². The van der Waals surface area contributed by atoms with E-state index in [0.717, 1.165) is 11.1 Å². The zero-order chi connectivity index (χ0) is 10.3. The van der Waals surface area contributed by atoms with Crippen molar-refractivity contribution in [2.45, 2.75) is 25.2 Å². The summed E-state index contributed by atoms with van der Waals surface area (Å²) in [5.74, 6) is -1.11. The predicted molar refractivity (Wildman–Crippen MR) is 49.7 cm³/mol. The van der Waals surface area contributed by atoms with Crippen LogP contribution in [0.5, 0.6) is 0 Å². The summed E-state index contributed by atoms with van der Waals surface area (Å²) in [4.78, 5) is 11.0. The van der Waals surface area contributed by atoms with Gasteiger partial charge in [-0.2, -0.15) is 0 Å². The molecule has 0 radical (unpaired) electrons. The Labute approximate surface area is 81.4 Å². The molecular weight excluding hydrogens is 183 g/mol. The van der Waals surface area contributed by atoms with Gasteiger partial charge in [-0.05, 0) is 43.0 Å². The lowest BCUT2D eigenvalue weighted by Gasteiger charge is -2.12. The number of rotatable bonds is 2. The molecule has 0 atom stereocenters. The summed E-state index contributed by atoms with van der Waals surface area (Å²) in [6.45, 7) is 1.75. The lowest BCUT2D eigenvalue weighted by atomic mass is 9.92. The number of aryl methyl sites for hydroxylation is 1. The minimum Gasteiger partial charge on any atom is -0.481 e. The summed E-state index contributed by atoms with van der Waals surface area (Å²) in [7, 11) is 0. The van der Waals surface area contributed by atoms with Crippen molar-refractivity contribution in [2.75, 3.05) is 0 Å². The van der Waals surface area contributed by atoms with Gasteiger partial charge in [-0.25, -0.2) is 4.39 Å². The van der Waals surface area contributed by atoms with Crippen LogP contribution in [0.3, 0.4) is 0 Å². The first-order valence-corrected chi connectivity index (χ1v) is 4.56. The summed E-state index contributed by atoms with van der Waals surface area (Å²) >= 11 is 0. The first kappa shape index (κ1) is 9.19. The van der Waals surface area contributed by atoms with Crippen LogP contribution >= 0.6 is 0 Å². The van der Waals surface area contributed by atoms with Crippen LogP contribution in [0, 0.1) is 12.7 Å². The second-order valence-corrected chi connectivity index (χ2v) is 3.85. The highest BCUT2D eigenvalue weighted by atomic mass is 19.1. The first-order valence-electron chi connectivity index (χ1n) is 4.56. The zero-order valence-corrected chi connectivity index (χ0v) is 7.88. The fraction of sp³-hybridized carbons (Fsp3) is 0.364. The van der Waals surface area contributed by atoms with E-state index in [1.54, 1.807) is 13.0 Å². The molecule has 3 heteroatoms. The third kappa shape index (κ3) is 1.20. The Bertz CT molecular complexity index is 394. The second-order valence-electron chi connectivity index (χ2n) is 3.85. The van der Waals surface area contributed by atoms with Crippen LogP contribution in [0.25, 0.3) is 0 Å². The Morgan fingerprint density at radius 2 is 2.14 bits per heavy atom. The number of benzene rings is 1. The van der Waals surface area contributed by atoms with Gasteiger partial charge in [-0.3, -0.25) is 4.79 Å². The summed E-state index contributed by atoms with van der Waals surface area (Å²) in [6.07, 6.45) is 1.32. The van der Waals surface area contributed by atoms with Crippen LogP contribution in [0.4, 0.5) is 4.39 Å². The molecule has 1 fully saturated rings. The topological polar surface area (TPSA) is 37.3 Å². The second kappa shape index (κ2) is 2.80. The average Bonchev–Trinajstić information content (AvgIpc) is 2.84. The molecule has 14 heavy (non-hydrogen) atoms.